The quantitative estimate of drug-likeness (QED) is 0.499. The van der Waals surface area contributed by atoms with Gasteiger partial charge in [-0.3, -0.25) is 0 Å². The summed E-state index contributed by atoms with van der Waals surface area (Å²) >= 11 is -1.83. The molecule has 0 rings (SSSR count). The number of unbranched alkanes of at least 4 members (excludes halogenated alkanes) is 1. The normalized spacial score (nSPS) is 9.09. The van der Waals surface area contributed by atoms with Crippen molar-refractivity contribution in [3.05, 3.63) is 0 Å². The van der Waals surface area contributed by atoms with Gasteiger partial charge in [0.2, 0.25) is 0 Å². The van der Waals surface area contributed by atoms with Crippen molar-refractivity contribution in [3.63, 3.8) is 0 Å². The van der Waals surface area contributed by atoms with Crippen LogP contribution in [0.2, 0.25) is 14.8 Å². The van der Waals surface area contributed by atoms with Crippen LogP contribution in [0.3, 0.4) is 0 Å². The van der Waals surface area contributed by atoms with Crippen molar-refractivity contribution in [2.75, 3.05) is 0 Å². The molecule has 0 heterocycles. The summed E-state index contributed by atoms with van der Waals surface area (Å²) in [5.74, 6) is 8.84. The Labute approximate surface area is 74.6 Å². The molecule has 0 bridgehead atoms. The first-order valence-corrected chi connectivity index (χ1v) is 14.1. The van der Waals surface area contributed by atoms with Crippen LogP contribution in [0, 0.1) is 21.7 Å². The Morgan fingerprint density at radius 3 is 2.18 bits per heavy atom. The second-order valence-corrected chi connectivity index (χ2v) is 17.1. The van der Waals surface area contributed by atoms with Crippen LogP contribution in [0.1, 0.15) is 19.8 Å². The number of hydrogen-bond acceptors (Lipinski definition) is 0. The average molecular weight is 255 g/mol. The summed E-state index contributed by atoms with van der Waals surface area (Å²) in [6.07, 6.45) is 2.11. The second kappa shape index (κ2) is 5.55. The summed E-state index contributed by atoms with van der Waals surface area (Å²) in [5, 5.41) is 0. The van der Waals surface area contributed by atoms with Crippen LogP contribution in [-0.2, 0) is 0 Å². The third-order valence-corrected chi connectivity index (χ3v) is 3.46. The molecule has 0 nitrogen and oxygen atoms in total. The van der Waals surface area contributed by atoms with E-state index < -0.39 is 18.4 Å². The summed E-state index contributed by atoms with van der Waals surface area (Å²) in [6.45, 7) is 2.13. The van der Waals surface area contributed by atoms with Gasteiger partial charge in [-0.25, -0.2) is 0 Å². The molecule has 1 heteroatoms. The van der Waals surface area contributed by atoms with Gasteiger partial charge in [-0.1, -0.05) is 0 Å². The van der Waals surface area contributed by atoms with Crippen LogP contribution in [-0.4, -0.2) is 18.4 Å². The Bertz CT molecular complexity index is 211. The predicted octanol–water partition coefficient (Wildman–Crippen LogP) is 2.67. The molecule has 0 atom stereocenters. The second-order valence-electron chi connectivity index (χ2n) is 3.55. The van der Waals surface area contributed by atoms with E-state index in [0.29, 0.717) is 0 Å². The van der Waals surface area contributed by atoms with Gasteiger partial charge in [-0.05, 0) is 0 Å². The summed E-state index contributed by atoms with van der Waals surface area (Å²) in [4.78, 5) is 6.88. The minimum absolute atomic E-state index is 0.980. The molecule has 0 fully saturated rings. The molecule has 0 aliphatic heterocycles. The topological polar surface area (TPSA) is 0 Å². The van der Waals surface area contributed by atoms with Crippen molar-refractivity contribution in [2.24, 2.45) is 0 Å². The van der Waals surface area contributed by atoms with E-state index in [2.05, 4.69) is 43.4 Å². The Morgan fingerprint density at radius 1 is 1.09 bits per heavy atom. The molecule has 0 saturated heterocycles. The molecule has 0 unspecified atom stereocenters. The van der Waals surface area contributed by atoms with Crippen molar-refractivity contribution < 1.29 is 0 Å². The van der Waals surface area contributed by atoms with Gasteiger partial charge in [0.1, 0.15) is 0 Å². The van der Waals surface area contributed by atoms with Crippen molar-refractivity contribution in [3.8, 4) is 21.7 Å². The van der Waals surface area contributed by atoms with Crippen LogP contribution in [0.15, 0.2) is 0 Å². The third kappa shape index (κ3) is 9.92. The van der Waals surface area contributed by atoms with Gasteiger partial charge < -0.3 is 0 Å². The Morgan fingerprint density at radius 2 is 1.73 bits per heavy atom. The number of rotatable bonds is 1. The maximum absolute atomic E-state index is 3.27. The predicted molar refractivity (Wildman–Crippen MR) is 53.8 cm³/mol. The zero-order chi connectivity index (χ0) is 8.74. The maximum atomic E-state index is 3.27. The standard InChI is InChI=1S/C7H7.3CH3.Sn/c1-3-5-7-6-4-2;;;;/h3,5H2,1H3;3*1H3;. The third-order valence-electron chi connectivity index (χ3n) is 0.963. The molecule has 0 saturated carbocycles. The van der Waals surface area contributed by atoms with E-state index in [1.807, 2.05) is 0 Å². The van der Waals surface area contributed by atoms with Crippen LogP contribution in [0.5, 0.6) is 0 Å². The van der Waals surface area contributed by atoms with E-state index >= 15 is 0 Å². The fourth-order valence-corrected chi connectivity index (χ4v) is 1.70. The first-order chi connectivity index (χ1) is 5.06. The molecule has 0 aromatic carbocycles. The molecule has 0 aromatic rings. The molecule has 0 aliphatic carbocycles. The van der Waals surface area contributed by atoms with E-state index in [1.165, 1.54) is 0 Å². The van der Waals surface area contributed by atoms with E-state index in [0.717, 1.165) is 12.8 Å². The van der Waals surface area contributed by atoms with Crippen molar-refractivity contribution in [2.45, 2.75) is 34.6 Å². The molecule has 0 aliphatic rings. The van der Waals surface area contributed by atoms with E-state index in [9.17, 15) is 0 Å². The molecule has 0 spiro atoms. The SMILES string of the molecule is CCCC#CC#[C][Sn]([CH3])([CH3])[CH3]. The van der Waals surface area contributed by atoms with Gasteiger partial charge in [0.15, 0.2) is 0 Å². The van der Waals surface area contributed by atoms with Crippen LogP contribution in [0.4, 0.5) is 0 Å². The van der Waals surface area contributed by atoms with Gasteiger partial charge in [0.25, 0.3) is 0 Å². The summed E-state index contributed by atoms with van der Waals surface area (Å²) in [7, 11) is 0. The van der Waals surface area contributed by atoms with Crippen molar-refractivity contribution >= 4 is 18.4 Å². The minimum atomic E-state index is -1.83. The summed E-state index contributed by atoms with van der Waals surface area (Å²) in [5.41, 5.74) is 0. The van der Waals surface area contributed by atoms with Crippen LogP contribution >= 0.6 is 0 Å². The van der Waals surface area contributed by atoms with Gasteiger partial charge in [0, 0.05) is 0 Å². The van der Waals surface area contributed by atoms with Crippen molar-refractivity contribution in [1.82, 2.24) is 0 Å². The molecule has 11 heavy (non-hydrogen) atoms. The molecule has 0 aromatic heterocycles. The number of hydrogen-bond donors (Lipinski definition) is 0. The zero-order valence-electron chi connectivity index (χ0n) is 7.91. The van der Waals surface area contributed by atoms with Crippen LogP contribution in [0.25, 0.3) is 0 Å². The van der Waals surface area contributed by atoms with Gasteiger partial charge >= 0.3 is 74.7 Å². The molecule has 60 valence electrons. The fourth-order valence-electron chi connectivity index (χ4n) is 0.450. The average Bonchev–Trinajstić information content (AvgIpc) is 1.85. The fraction of sp³-hybridized carbons (Fsp3) is 0.600. The monoisotopic (exact) mass is 256 g/mol. The van der Waals surface area contributed by atoms with E-state index in [-0.39, 0.29) is 0 Å². The van der Waals surface area contributed by atoms with Crippen LogP contribution < -0.4 is 0 Å². The molecule has 0 N–H and O–H groups in total. The van der Waals surface area contributed by atoms with E-state index in [4.69, 9.17) is 0 Å². The molecule has 0 amide bonds. The molecular weight excluding hydrogens is 239 g/mol. The Balaban J connectivity index is 3.84. The summed E-state index contributed by atoms with van der Waals surface area (Å²) in [6, 6.07) is 0. The Hall–Kier alpha value is -0.0813. The summed E-state index contributed by atoms with van der Waals surface area (Å²) < 4.78 is 3.27. The first-order valence-electron chi connectivity index (χ1n) is 4.06. The van der Waals surface area contributed by atoms with E-state index in [1.54, 1.807) is 0 Å². The van der Waals surface area contributed by atoms with Gasteiger partial charge in [-0.15, -0.1) is 0 Å². The zero-order valence-corrected chi connectivity index (χ0v) is 10.8. The van der Waals surface area contributed by atoms with Crippen molar-refractivity contribution in [1.29, 1.82) is 0 Å². The van der Waals surface area contributed by atoms with Gasteiger partial charge in [-0.2, -0.15) is 0 Å². The Kier molecular flexibility index (Phi) is 5.51. The first kappa shape index (κ1) is 10.9. The molecule has 0 radical (unpaired) electrons. The van der Waals surface area contributed by atoms with Gasteiger partial charge in [0.05, 0.1) is 0 Å². The molecular formula is C10H16Sn.